The molecule has 0 spiro atoms. The molecular weight excluding hydrogens is 407 g/mol. The van der Waals surface area contributed by atoms with E-state index in [4.69, 9.17) is 9.64 Å². The van der Waals surface area contributed by atoms with E-state index in [2.05, 4.69) is 79.0 Å². The first-order valence-corrected chi connectivity index (χ1v) is 11.6. The molecule has 4 nitrogen and oxygen atoms in total. The number of aliphatic hydroxyl groups is 1. The molecule has 2 aromatic carbocycles. The maximum Gasteiger partial charge on any atom is 0.309 e. The highest BCUT2D eigenvalue weighted by Crippen LogP contribution is 2.34. The average molecular weight is 440 g/mol. The zero-order valence-electron chi connectivity index (χ0n) is 20.5. The lowest BCUT2D eigenvalue weighted by Gasteiger charge is -2.37. The van der Waals surface area contributed by atoms with Crippen LogP contribution in [-0.4, -0.2) is 33.2 Å². The van der Waals surface area contributed by atoms with Crippen LogP contribution in [0.15, 0.2) is 72.9 Å². The van der Waals surface area contributed by atoms with Crippen molar-refractivity contribution in [3.63, 3.8) is 0 Å². The number of imidazole rings is 1. The summed E-state index contributed by atoms with van der Waals surface area (Å²) in [4.78, 5) is 5.15. The van der Waals surface area contributed by atoms with Gasteiger partial charge in [-0.25, -0.2) is 4.98 Å². The monoisotopic (exact) mass is 440 g/mol. The summed E-state index contributed by atoms with van der Waals surface area (Å²) in [5, 5.41) is 10.4. The molecule has 4 rings (SSSR count). The summed E-state index contributed by atoms with van der Waals surface area (Å²) in [5.41, 5.74) is 5.87. The minimum absolute atomic E-state index is 0.372. The largest absolute Gasteiger partial charge is 0.427 e. The Balaban J connectivity index is 1.82. The molecule has 33 heavy (non-hydrogen) atoms. The summed E-state index contributed by atoms with van der Waals surface area (Å²) in [7, 11) is 0.413. The highest BCUT2D eigenvalue weighted by atomic mass is 16.5. The summed E-state index contributed by atoms with van der Waals surface area (Å²) in [6.45, 7) is 11.8. The van der Waals surface area contributed by atoms with E-state index in [-0.39, 0.29) is 0 Å². The topological polar surface area (TPSA) is 46.8 Å². The zero-order valence-corrected chi connectivity index (χ0v) is 20.5. The number of pyridine rings is 1. The van der Waals surface area contributed by atoms with Gasteiger partial charge in [0.15, 0.2) is 0 Å². The third-order valence-corrected chi connectivity index (χ3v) is 6.62. The summed E-state index contributed by atoms with van der Waals surface area (Å²) < 4.78 is 8.33. The molecule has 0 radical (unpaired) electrons. The van der Waals surface area contributed by atoms with Crippen LogP contribution in [0.25, 0.3) is 28.2 Å². The molecule has 0 atom stereocenters. The fourth-order valence-electron chi connectivity index (χ4n) is 3.86. The van der Waals surface area contributed by atoms with Crippen molar-refractivity contribution in [2.24, 2.45) is 0 Å². The summed E-state index contributed by atoms with van der Waals surface area (Å²) in [6, 6.07) is 23.0. The van der Waals surface area contributed by atoms with Gasteiger partial charge in [0.1, 0.15) is 5.65 Å². The van der Waals surface area contributed by atoms with Crippen LogP contribution in [0.2, 0.25) is 0 Å². The van der Waals surface area contributed by atoms with Crippen molar-refractivity contribution in [3.8, 4) is 22.5 Å². The van der Waals surface area contributed by atoms with Gasteiger partial charge in [0.2, 0.25) is 0 Å². The average Bonchev–Trinajstić information content (AvgIpc) is 3.17. The van der Waals surface area contributed by atoms with E-state index in [0.717, 1.165) is 33.6 Å². The van der Waals surface area contributed by atoms with E-state index in [1.807, 2.05) is 26.0 Å². The SMILES string of the molecule is CC(C)c1cccn2c(-c3ccccc3)c(-c3cccc(BOC(C)(C)C(C)(C)O)c3)nc12. The van der Waals surface area contributed by atoms with Crippen LogP contribution in [0.4, 0.5) is 0 Å². The van der Waals surface area contributed by atoms with Crippen LogP contribution >= 0.6 is 0 Å². The van der Waals surface area contributed by atoms with Gasteiger partial charge in [0.05, 0.1) is 22.6 Å². The van der Waals surface area contributed by atoms with Crippen molar-refractivity contribution >= 4 is 18.6 Å². The number of benzene rings is 2. The molecule has 0 aliphatic rings. The molecule has 4 aromatic rings. The van der Waals surface area contributed by atoms with Crippen LogP contribution in [-0.2, 0) is 4.65 Å². The number of aromatic nitrogens is 2. The Morgan fingerprint density at radius 1 is 0.909 bits per heavy atom. The van der Waals surface area contributed by atoms with Crippen molar-refractivity contribution in [1.82, 2.24) is 9.38 Å². The minimum Gasteiger partial charge on any atom is -0.427 e. The minimum atomic E-state index is -0.945. The molecule has 0 fully saturated rings. The van der Waals surface area contributed by atoms with Crippen LogP contribution in [0.3, 0.4) is 0 Å². The third kappa shape index (κ3) is 4.61. The van der Waals surface area contributed by atoms with Crippen LogP contribution in [0.1, 0.15) is 53.0 Å². The highest BCUT2D eigenvalue weighted by molar-refractivity contribution is 6.47. The maximum absolute atomic E-state index is 10.4. The van der Waals surface area contributed by atoms with E-state index in [9.17, 15) is 5.11 Å². The number of rotatable bonds is 7. The van der Waals surface area contributed by atoms with E-state index in [1.165, 1.54) is 5.56 Å². The van der Waals surface area contributed by atoms with Crippen molar-refractivity contribution in [3.05, 3.63) is 78.5 Å². The predicted octanol–water partition coefficient (Wildman–Crippen LogP) is 5.33. The molecule has 2 heterocycles. The Morgan fingerprint density at radius 2 is 1.61 bits per heavy atom. The van der Waals surface area contributed by atoms with Gasteiger partial charge < -0.3 is 9.76 Å². The Bertz CT molecular complexity index is 1250. The number of nitrogens with zero attached hydrogens (tertiary/aromatic N) is 2. The molecular formula is C28H33BN2O2. The Labute approximate surface area is 197 Å². The smallest absolute Gasteiger partial charge is 0.309 e. The molecule has 5 heteroatoms. The quantitative estimate of drug-likeness (QED) is 0.395. The number of hydrogen-bond donors (Lipinski definition) is 1. The van der Waals surface area contributed by atoms with Gasteiger partial charge in [-0.1, -0.05) is 80.0 Å². The Morgan fingerprint density at radius 3 is 2.27 bits per heavy atom. The van der Waals surface area contributed by atoms with Crippen LogP contribution in [0.5, 0.6) is 0 Å². The normalized spacial score (nSPS) is 12.5. The lowest BCUT2D eigenvalue weighted by molar-refractivity contribution is -0.0893. The molecule has 0 aliphatic heterocycles. The van der Waals surface area contributed by atoms with Gasteiger partial charge >= 0.3 is 7.48 Å². The number of fused-ring (bicyclic) bond motifs is 1. The van der Waals surface area contributed by atoms with Gasteiger partial charge in [-0.2, -0.15) is 0 Å². The fraction of sp³-hybridized carbons (Fsp3) is 0.321. The first kappa shape index (κ1) is 23.3. The van der Waals surface area contributed by atoms with Crippen molar-refractivity contribution in [1.29, 1.82) is 0 Å². The summed E-state index contributed by atoms with van der Waals surface area (Å²) in [5.74, 6) is 0.372. The van der Waals surface area contributed by atoms with Crippen LogP contribution in [0, 0.1) is 0 Å². The van der Waals surface area contributed by atoms with Crippen molar-refractivity contribution in [2.45, 2.75) is 58.7 Å². The second-order valence-electron chi connectivity index (χ2n) is 10.0. The molecule has 0 saturated carbocycles. The fourth-order valence-corrected chi connectivity index (χ4v) is 3.86. The lowest BCUT2D eigenvalue weighted by Crippen LogP contribution is -2.49. The van der Waals surface area contributed by atoms with E-state index in [0.29, 0.717) is 13.4 Å². The highest BCUT2D eigenvalue weighted by Gasteiger charge is 2.35. The molecule has 0 amide bonds. The van der Waals surface area contributed by atoms with Crippen LogP contribution < -0.4 is 5.46 Å². The molecule has 0 unspecified atom stereocenters. The predicted molar refractivity (Wildman–Crippen MR) is 138 cm³/mol. The molecule has 2 aromatic heterocycles. The second-order valence-corrected chi connectivity index (χ2v) is 10.0. The standard InChI is InChI=1S/C28H33BN2O2/c1-19(2)23-16-11-17-31-25(20-12-8-7-9-13-20)24(30-26(23)31)21-14-10-15-22(18-21)29-33-28(5,6)27(3,4)32/h7-19,29,32H,1-6H3. The molecule has 0 saturated heterocycles. The van der Waals surface area contributed by atoms with Crippen molar-refractivity contribution < 1.29 is 9.76 Å². The summed E-state index contributed by atoms with van der Waals surface area (Å²) >= 11 is 0. The summed E-state index contributed by atoms with van der Waals surface area (Å²) in [6.07, 6.45) is 2.10. The first-order chi connectivity index (χ1) is 15.6. The van der Waals surface area contributed by atoms with Gasteiger partial charge in [0, 0.05) is 17.3 Å². The first-order valence-electron chi connectivity index (χ1n) is 11.6. The Hall–Kier alpha value is -2.89. The zero-order chi connectivity index (χ0) is 23.8. The third-order valence-electron chi connectivity index (χ3n) is 6.62. The van der Waals surface area contributed by atoms with Crippen molar-refractivity contribution in [2.75, 3.05) is 0 Å². The van der Waals surface area contributed by atoms with Gasteiger partial charge in [0.25, 0.3) is 0 Å². The van der Waals surface area contributed by atoms with E-state index >= 15 is 0 Å². The van der Waals surface area contributed by atoms with Gasteiger partial charge in [-0.05, 0) is 45.2 Å². The Kier molecular flexibility index (Phi) is 6.21. The number of hydrogen-bond acceptors (Lipinski definition) is 3. The maximum atomic E-state index is 10.4. The molecule has 0 aliphatic carbocycles. The van der Waals surface area contributed by atoms with Gasteiger partial charge in [-0.15, -0.1) is 0 Å². The van der Waals surface area contributed by atoms with E-state index < -0.39 is 11.2 Å². The molecule has 170 valence electrons. The van der Waals surface area contributed by atoms with Gasteiger partial charge in [-0.3, -0.25) is 4.40 Å². The molecule has 0 bridgehead atoms. The van der Waals surface area contributed by atoms with E-state index in [1.54, 1.807) is 13.8 Å². The second kappa shape index (κ2) is 8.81. The molecule has 1 N–H and O–H groups in total. The lowest BCUT2D eigenvalue weighted by atomic mass is 9.82.